The lowest BCUT2D eigenvalue weighted by molar-refractivity contribution is -0.725. The molecule has 1 amide bonds. The number of nitrogens with one attached hydrogen (secondary N) is 1. The smallest absolute Gasteiger partial charge is 0.407 e. The van der Waals surface area contributed by atoms with E-state index in [1.54, 1.807) is 27.9 Å². The summed E-state index contributed by atoms with van der Waals surface area (Å²) in [5.74, 6) is 1.21. The first kappa shape index (κ1) is 25.5. The molecule has 180 valence electrons. The minimum absolute atomic E-state index is 0.111. The molecule has 0 saturated heterocycles. The molecule has 1 fully saturated rings. The fourth-order valence-electron chi connectivity index (χ4n) is 3.62. The summed E-state index contributed by atoms with van der Waals surface area (Å²) in [4.78, 5) is 17.9. The lowest BCUT2D eigenvalue weighted by Crippen LogP contribution is -2.49. The first-order valence-corrected chi connectivity index (χ1v) is 11.1. The molecule has 32 heavy (non-hydrogen) atoms. The Labute approximate surface area is 191 Å². The number of methoxy groups -OCH3 is 1. The predicted octanol–water partition coefficient (Wildman–Crippen LogP) is 4.77. The maximum absolute atomic E-state index is 12.7. The van der Waals surface area contributed by atoms with Crippen molar-refractivity contribution in [2.45, 2.75) is 84.0 Å². The van der Waals surface area contributed by atoms with Crippen LogP contribution < -0.4 is 10.1 Å². The number of carbonyl (C=O) groups excluding carboxylic acids is 1. The quantitative estimate of drug-likeness (QED) is 0.348. The van der Waals surface area contributed by atoms with Gasteiger partial charge in [0, 0.05) is 6.54 Å². The summed E-state index contributed by atoms with van der Waals surface area (Å²) >= 11 is 0. The molecule has 0 aliphatic heterocycles. The second-order valence-electron chi connectivity index (χ2n) is 10.1. The van der Waals surface area contributed by atoms with Crippen molar-refractivity contribution in [1.82, 2.24) is 10.3 Å². The number of carbonyl (C=O) groups is 1. The second kappa shape index (κ2) is 10.7. The van der Waals surface area contributed by atoms with Gasteiger partial charge in [-0.3, -0.25) is 0 Å². The monoisotopic (exact) mass is 450 g/mol. The van der Waals surface area contributed by atoms with Gasteiger partial charge >= 0.3 is 6.09 Å². The van der Waals surface area contributed by atoms with E-state index in [1.807, 2.05) is 32.9 Å². The molecule has 2 rings (SSSR count). The van der Waals surface area contributed by atoms with Crippen LogP contribution >= 0.6 is 0 Å². The summed E-state index contributed by atoms with van der Waals surface area (Å²) in [5.41, 5.74) is 0.151. The zero-order valence-corrected chi connectivity index (χ0v) is 20.4. The van der Waals surface area contributed by atoms with Gasteiger partial charge < -0.3 is 24.8 Å². The highest BCUT2D eigenvalue weighted by molar-refractivity contribution is 5.67. The van der Waals surface area contributed by atoms with Crippen molar-refractivity contribution in [2.75, 3.05) is 20.2 Å². The molecule has 1 saturated carbocycles. The second-order valence-corrected chi connectivity index (χ2v) is 10.1. The molecule has 1 aliphatic carbocycles. The van der Waals surface area contributed by atoms with E-state index in [4.69, 9.17) is 14.3 Å². The van der Waals surface area contributed by atoms with Crippen LogP contribution in [0.2, 0.25) is 0 Å². The van der Waals surface area contributed by atoms with Gasteiger partial charge in [0.15, 0.2) is 0 Å². The fraction of sp³-hybridized carbons (Fsp3) is 0.696. The van der Waals surface area contributed by atoms with E-state index in [2.05, 4.69) is 22.7 Å². The Morgan fingerprint density at radius 1 is 1.19 bits per heavy atom. The standard InChI is InChI=1S/C23H38N4O5/c1-22(2,3)26(15-14-24-21(28)31-23(4,5)6)27(29)25-32-20-13-10-18(16-20)17-8-11-19(30-7)12-9-17/h8-9,11-12,18,20H,10,13-16H2,1-7H3,(H,24,28)/b27-25-/t18-,20+/m1/s1. The lowest BCUT2D eigenvalue weighted by Gasteiger charge is -2.30. The van der Waals surface area contributed by atoms with E-state index in [1.165, 1.54) is 10.6 Å². The van der Waals surface area contributed by atoms with Gasteiger partial charge in [-0.15, -0.1) is 5.01 Å². The summed E-state index contributed by atoms with van der Waals surface area (Å²) in [5, 5.41) is 20.7. The van der Waals surface area contributed by atoms with E-state index in [0.717, 1.165) is 25.0 Å². The van der Waals surface area contributed by atoms with Crippen molar-refractivity contribution in [3.8, 4) is 5.75 Å². The van der Waals surface area contributed by atoms with Gasteiger partial charge in [0.25, 0.3) is 0 Å². The first-order chi connectivity index (χ1) is 14.9. The fourth-order valence-corrected chi connectivity index (χ4v) is 3.62. The SMILES string of the molecule is COc1ccc([C@@H]2CC[C@H](O/N=[N+](\[O-])N(CCNC(=O)OC(C)(C)C)C(C)(C)C)C2)cc1. The number of hydrazine groups is 1. The highest BCUT2D eigenvalue weighted by atomic mass is 16.7. The third kappa shape index (κ3) is 8.09. The third-order valence-corrected chi connectivity index (χ3v) is 5.21. The number of alkyl carbamates (subject to hydrolysis) is 1. The van der Waals surface area contributed by atoms with Crippen molar-refractivity contribution in [3.05, 3.63) is 35.0 Å². The van der Waals surface area contributed by atoms with Crippen LogP contribution in [0.4, 0.5) is 4.79 Å². The van der Waals surface area contributed by atoms with Crippen LogP contribution in [0.1, 0.15) is 72.3 Å². The van der Waals surface area contributed by atoms with Crippen LogP contribution in [0.15, 0.2) is 29.5 Å². The third-order valence-electron chi connectivity index (χ3n) is 5.21. The van der Waals surface area contributed by atoms with E-state index < -0.39 is 17.2 Å². The number of hydrogen-bond acceptors (Lipinski definition) is 6. The Hall–Kier alpha value is -2.71. The van der Waals surface area contributed by atoms with Crippen molar-refractivity contribution < 1.29 is 24.1 Å². The van der Waals surface area contributed by atoms with E-state index in [9.17, 15) is 10.0 Å². The minimum Gasteiger partial charge on any atom is -0.569 e. The molecule has 1 aliphatic rings. The number of ether oxygens (including phenoxy) is 2. The van der Waals surface area contributed by atoms with Crippen LogP contribution in [0.25, 0.3) is 0 Å². The van der Waals surface area contributed by atoms with Gasteiger partial charge in [-0.05, 0) is 84.4 Å². The molecule has 0 heterocycles. The summed E-state index contributed by atoms with van der Waals surface area (Å²) < 4.78 is 10.4. The van der Waals surface area contributed by atoms with E-state index in [-0.39, 0.29) is 19.2 Å². The number of rotatable bonds is 8. The Balaban J connectivity index is 1.89. The summed E-state index contributed by atoms with van der Waals surface area (Å²) in [7, 11) is 1.65. The first-order valence-electron chi connectivity index (χ1n) is 11.1. The largest absolute Gasteiger partial charge is 0.569 e. The van der Waals surface area contributed by atoms with Crippen LogP contribution in [0, 0.1) is 5.21 Å². The van der Waals surface area contributed by atoms with Crippen molar-refractivity contribution in [3.63, 3.8) is 0 Å². The zero-order chi connectivity index (χ0) is 23.9. The van der Waals surface area contributed by atoms with Gasteiger partial charge in [0.2, 0.25) is 5.28 Å². The van der Waals surface area contributed by atoms with Gasteiger partial charge in [-0.2, -0.15) is 0 Å². The zero-order valence-electron chi connectivity index (χ0n) is 20.4. The maximum Gasteiger partial charge on any atom is 0.407 e. The highest BCUT2D eigenvalue weighted by Gasteiger charge is 2.31. The van der Waals surface area contributed by atoms with E-state index >= 15 is 0 Å². The molecule has 1 aromatic rings. The number of amides is 1. The van der Waals surface area contributed by atoms with Crippen molar-refractivity contribution in [2.24, 2.45) is 5.28 Å². The Bertz CT molecular complexity index is 768. The molecule has 2 atom stereocenters. The highest BCUT2D eigenvalue weighted by Crippen LogP contribution is 2.36. The minimum atomic E-state index is -0.577. The van der Waals surface area contributed by atoms with Gasteiger partial charge in [0.1, 0.15) is 17.5 Å². The topological polar surface area (TPSA) is 98.5 Å². The molecule has 0 aromatic heterocycles. The van der Waals surface area contributed by atoms with Gasteiger partial charge in [0.05, 0.1) is 24.2 Å². The average Bonchev–Trinajstić information content (AvgIpc) is 3.16. The molecule has 0 bridgehead atoms. The summed E-state index contributed by atoms with van der Waals surface area (Å²) in [6.07, 6.45) is 1.99. The van der Waals surface area contributed by atoms with Crippen LogP contribution in [-0.2, 0) is 9.57 Å². The van der Waals surface area contributed by atoms with Crippen LogP contribution in [0.5, 0.6) is 5.75 Å². The molecule has 0 radical (unpaired) electrons. The van der Waals surface area contributed by atoms with Crippen molar-refractivity contribution >= 4 is 6.09 Å². The Morgan fingerprint density at radius 2 is 1.84 bits per heavy atom. The molecule has 1 aromatic carbocycles. The Kier molecular flexibility index (Phi) is 8.58. The molecule has 9 heteroatoms. The normalized spacial score (nSPS) is 19.4. The van der Waals surface area contributed by atoms with Gasteiger partial charge in [-0.1, -0.05) is 12.1 Å². The van der Waals surface area contributed by atoms with E-state index in [0.29, 0.717) is 10.9 Å². The molecular formula is C23H38N4O5. The predicted molar refractivity (Wildman–Crippen MR) is 121 cm³/mol. The molecule has 9 nitrogen and oxygen atoms in total. The number of benzene rings is 1. The Morgan fingerprint density at radius 3 is 2.41 bits per heavy atom. The number of nitrogens with zero attached hydrogens (tertiary/aromatic N) is 3. The van der Waals surface area contributed by atoms with Crippen LogP contribution in [0.3, 0.4) is 0 Å². The lowest BCUT2D eigenvalue weighted by atomic mass is 9.98. The van der Waals surface area contributed by atoms with Gasteiger partial charge in [-0.25, -0.2) is 4.79 Å². The van der Waals surface area contributed by atoms with Crippen LogP contribution in [-0.4, -0.2) is 53.5 Å². The summed E-state index contributed by atoms with van der Waals surface area (Å²) in [6, 6.07) is 8.06. The summed E-state index contributed by atoms with van der Waals surface area (Å²) in [6.45, 7) is 11.6. The maximum atomic E-state index is 12.7. The molecule has 0 spiro atoms. The number of hydrogen-bond donors (Lipinski definition) is 1. The van der Waals surface area contributed by atoms with Crippen molar-refractivity contribution in [1.29, 1.82) is 0 Å². The molecule has 1 N–H and O–H groups in total. The molecular weight excluding hydrogens is 412 g/mol. The molecule has 0 unspecified atom stereocenters. The average molecular weight is 451 g/mol.